The van der Waals surface area contributed by atoms with Crippen molar-refractivity contribution in [2.45, 2.75) is 25.8 Å². The van der Waals surface area contributed by atoms with E-state index in [0.29, 0.717) is 30.0 Å². The lowest BCUT2D eigenvalue weighted by molar-refractivity contribution is 0.0931. The molecule has 1 aliphatic rings. The van der Waals surface area contributed by atoms with Crippen molar-refractivity contribution >= 4 is 29.2 Å². The van der Waals surface area contributed by atoms with Crippen molar-refractivity contribution in [1.29, 1.82) is 0 Å². The highest BCUT2D eigenvalue weighted by Crippen LogP contribution is 2.24. The highest BCUT2D eigenvalue weighted by molar-refractivity contribution is 6.30. The summed E-state index contributed by atoms with van der Waals surface area (Å²) in [6, 6.07) is 3.95. The molecule has 0 bridgehead atoms. The average molecular weight is 408 g/mol. The fourth-order valence-corrected chi connectivity index (χ4v) is 3.21. The van der Waals surface area contributed by atoms with Crippen molar-refractivity contribution in [3.63, 3.8) is 0 Å². The Morgan fingerprint density at radius 1 is 1.36 bits per heavy atom. The minimum Gasteiger partial charge on any atom is -0.348 e. The molecule has 1 aromatic heterocycles. The number of hydrogen-bond donors (Lipinski definition) is 4. The van der Waals surface area contributed by atoms with Gasteiger partial charge in [0.2, 0.25) is 0 Å². The van der Waals surface area contributed by atoms with Gasteiger partial charge in [-0.05, 0) is 44.5 Å². The van der Waals surface area contributed by atoms with E-state index in [1.807, 2.05) is 0 Å². The summed E-state index contributed by atoms with van der Waals surface area (Å²) in [7, 11) is 0. The summed E-state index contributed by atoms with van der Waals surface area (Å²) in [4.78, 5) is 24.8. The van der Waals surface area contributed by atoms with E-state index in [0.717, 1.165) is 19.4 Å². The molecule has 7 nitrogen and oxygen atoms in total. The molecule has 1 aliphatic heterocycles. The maximum atomic E-state index is 13.8. The number of nitrogens with zero attached hydrogens (tertiary/aromatic N) is 1. The zero-order chi connectivity index (χ0) is 20.1. The van der Waals surface area contributed by atoms with Crippen molar-refractivity contribution < 1.29 is 14.0 Å². The Kier molecular flexibility index (Phi) is 6.53. The fraction of sp³-hybridized carbons (Fsp3) is 0.368. The van der Waals surface area contributed by atoms with Crippen LogP contribution in [-0.4, -0.2) is 42.2 Å². The lowest BCUT2D eigenvalue weighted by Crippen LogP contribution is -2.45. The van der Waals surface area contributed by atoms with Gasteiger partial charge in [0, 0.05) is 37.2 Å². The normalized spacial score (nSPS) is 16.5. The maximum absolute atomic E-state index is 13.8. The predicted octanol–water partition coefficient (Wildman–Crippen LogP) is 2.89. The first-order chi connectivity index (χ1) is 13.5. The van der Waals surface area contributed by atoms with E-state index in [4.69, 9.17) is 11.6 Å². The zero-order valence-corrected chi connectivity index (χ0v) is 16.3. The summed E-state index contributed by atoms with van der Waals surface area (Å²) in [6.07, 6.45) is 5.02. The molecule has 1 saturated heterocycles. The molecule has 2 aromatic rings. The molecule has 0 unspecified atom stereocenters. The highest BCUT2D eigenvalue weighted by atomic mass is 35.5. The Hall–Kier alpha value is -2.58. The molecule has 150 valence electrons. The number of urea groups is 1. The van der Waals surface area contributed by atoms with Gasteiger partial charge in [-0.25, -0.2) is 9.18 Å². The number of halogens is 2. The minimum atomic E-state index is -0.564. The van der Waals surface area contributed by atoms with Gasteiger partial charge in [0.1, 0.15) is 5.82 Å². The van der Waals surface area contributed by atoms with Crippen LogP contribution in [0.5, 0.6) is 0 Å². The summed E-state index contributed by atoms with van der Waals surface area (Å²) in [5.41, 5.74) is 1.12. The van der Waals surface area contributed by atoms with Gasteiger partial charge in [-0.3, -0.25) is 4.79 Å². The quantitative estimate of drug-likeness (QED) is 0.614. The molecule has 1 aromatic carbocycles. The SMILES string of the molecule is CCNC(=O)Nc1cn(-c2ccc(Cl)c(F)c2)cc1C(=O)N[C@H]1CCCNC1. The molecular formula is C19H23ClFN5O2. The van der Waals surface area contributed by atoms with Crippen molar-refractivity contribution in [2.75, 3.05) is 25.0 Å². The molecule has 0 radical (unpaired) electrons. The number of anilines is 1. The second kappa shape index (κ2) is 9.07. The van der Waals surface area contributed by atoms with Gasteiger partial charge in [-0.1, -0.05) is 11.6 Å². The number of piperidine rings is 1. The van der Waals surface area contributed by atoms with Gasteiger partial charge < -0.3 is 25.8 Å². The number of carbonyl (C=O) groups is 2. The molecule has 1 fully saturated rings. The lowest BCUT2D eigenvalue weighted by Gasteiger charge is -2.23. The van der Waals surface area contributed by atoms with Crippen LogP contribution in [-0.2, 0) is 0 Å². The van der Waals surface area contributed by atoms with E-state index < -0.39 is 11.8 Å². The topological polar surface area (TPSA) is 87.2 Å². The lowest BCUT2D eigenvalue weighted by atomic mass is 10.1. The van der Waals surface area contributed by atoms with E-state index >= 15 is 0 Å². The number of amides is 3. The van der Waals surface area contributed by atoms with Crippen LogP contribution >= 0.6 is 11.6 Å². The molecular weight excluding hydrogens is 385 g/mol. The summed E-state index contributed by atoms with van der Waals surface area (Å²) in [5.74, 6) is -0.862. The van der Waals surface area contributed by atoms with E-state index in [1.165, 1.54) is 12.1 Å². The number of aromatic nitrogens is 1. The summed E-state index contributed by atoms with van der Waals surface area (Å²) in [6.45, 7) is 3.89. The summed E-state index contributed by atoms with van der Waals surface area (Å²) >= 11 is 5.75. The first-order valence-corrected chi connectivity index (χ1v) is 9.59. The van der Waals surface area contributed by atoms with Crippen LogP contribution in [0.3, 0.4) is 0 Å². The van der Waals surface area contributed by atoms with Gasteiger partial charge in [-0.2, -0.15) is 0 Å². The molecule has 9 heteroatoms. The summed E-state index contributed by atoms with van der Waals surface area (Å²) in [5, 5.41) is 11.5. The first kappa shape index (κ1) is 20.2. The Morgan fingerprint density at radius 2 is 2.18 bits per heavy atom. The van der Waals surface area contributed by atoms with Crippen LogP contribution < -0.4 is 21.3 Å². The zero-order valence-electron chi connectivity index (χ0n) is 15.5. The molecule has 1 atom stereocenters. The number of carbonyl (C=O) groups excluding carboxylic acids is 2. The molecule has 4 N–H and O–H groups in total. The van der Waals surface area contributed by atoms with Crippen LogP contribution in [0.25, 0.3) is 5.69 Å². The molecule has 0 aliphatic carbocycles. The van der Waals surface area contributed by atoms with Crippen LogP contribution in [0.15, 0.2) is 30.6 Å². The van der Waals surface area contributed by atoms with Crippen LogP contribution in [0.2, 0.25) is 5.02 Å². The average Bonchev–Trinajstić information content (AvgIpc) is 3.09. The third-order valence-electron chi connectivity index (χ3n) is 4.49. The molecule has 2 heterocycles. The van der Waals surface area contributed by atoms with E-state index in [2.05, 4.69) is 21.3 Å². The van der Waals surface area contributed by atoms with Gasteiger partial charge in [0.25, 0.3) is 5.91 Å². The molecule has 28 heavy (non-hydrogen) atoms. The third kappa shape index (κ3) is 4.82. The summed E-state index contributed by atoms with van der Waals surface area (Å²) < 4.78 is 15.4. The largest absolute Gasteiger partial charge is 0.348 e. The van der Waals surface area contributed by atoms with Crippen molar-refractivity contribution in [3.05, 3.63) is 47.0 Å². The Morgan fingerprint density at radius 3 is 2.86 bits per heavy atom. The smallest absolute Gasteiger partial charge is 0.319 e. The second-order valence-electron chi connectivity index (χ2n) is 6.59. The third-order valence-corrected chi connectivity index (χ3v) is 4.80. The monoisotopic (exact) mass is 407 g/mol. The predicted molar refractivity (Wildman–Crippen MR) is 107 cm³/mol. The number of hydrogen-bond acceptors (Lipinski definition) is 3. The number of rotatable bonds is 5. The van der Waals surface area contributed by atoms with E-state index in [-0.39, 0.29) is 17.0 Å². The van der Waals surface area contributed by atoms with Crippen LogP contribution in [0.1, 0.15) is 30.1 Å². The van der Waals surface area contributed by atoms with Crippen LogP contribution in [0, 0.1) is 5.82 Å². The first-order valence-electron chi connectivity index (χ1n) is 9.21. The Balaban J connectivity index is 1.88. The highest BCUT2D eigenvalue weighted by Gasteiger charge is 2.21. The maximum Gasteiger partial charge on any atom is 0.319 e. The molecule has 0 saturated carbocycles. The van der Waals surface area contributed by atoms with Crippen LogP contribution in [0.4, 0.5) is 14.9 Å². The van der Waals surface area contributed by atoms with Crippen molar-refractivity contribution in [3.8, 4) is 5.69 Å². The Labute approximate surface area is 167 Å². The van der Waals surface area contributed by atoms with Gasteiger partial charge in [0.15, 0.2) is 0 Å². The Bertz CT molecular complexity index is 864. The van der Waals surface area contributed by atoms with Crippen molar-refractivity contribution in [2.24, 2.45) is 0 Å². The second-order valence-corrected chi connectivity index (χ2v) is 7.00. The molecule has 3 rings (SSSR count). The fourth-order valence-electron chi connectivity index (χ4n) is 3.10. The van der Waals surface area contributed by atoms with Crippen molar-refractivity contribution in [1.82, 2.24) is 20.5 Å². The molecule has 3 amide bonds. The van der Waals surface area contributed by atoms with Gasteiger partial charge in [-0.15, -0.1) is 0 Å². The number of nitrogens with one attached hydrogen (secondary N) is 4. The minimum absolute atomic E-state index is 0.0133. The van der Waals surface area contributed by atoms with Gasteiger partial charge in [0.05, 0.1) is 16.3 Å². The van der Waals surface area contributed by atoms with E-state index in [1.54, 1.807) is 30.0 Å². The number of benzene rings is 1. The van der Waals surface area contributed by atoms with Gasteiger partial charge >= 0.3 is 6.03 Å². The molecule has 0 spiro atoms. The standard InChI is InChI=1S/C19H23ClFN5O2/c1-2-23-19(28)25-17-11-26(13-5-6-15(20)16(21)8-13)10-14(17)18(27)24-12-4-3-7-22-9-12/h5-6,8,10-12,22H,2-4,7,9H2,1H3,(H,24,27)(H2,23,25,28)/t12-/m0/s1. The van der Waals surface area contributed by atoms with E-state index in [9.17, 15) is 14.0 Å².